The van der Waals surface area contributed by atoms with E-state index >= 15 is 0 Å². The highest BCUT2D eigenvalue weighted by Gasteiger charge is 2.25. The molecule has 22 heavy (non-hydrogen) atoms. The van der Waals surface area contributed by atoms with Crippen LogP contribution in [0.5, 0.6) is 0 Å². The molecular weight excluding hydrogens is 277 g/mol. The van der Waals surface area contributed by atoms with E-state index < -0.39 is 0 Å². The van der Waals surface area contributed by atoms with Gasteiger partial charge in [-0.1, -0.05) is 62.7 Å². The molecule has 0 radical (unpaired) electrons. The third-order valence-corrected chi connectivity index (χ3v) is 4.03. The summed E-state index contributed by atoms with van der Waals surface area (Å²) in [5, 5.41) is 2.97. The highest BCUT2D eigenvalue weighted by atomic mass is 19.1. The van der Waals surface area contributed by atoms with Crippen LogP contribution in [0.15, 0.2) is 54.6 Å². The van der Waals surface area contributed by atoms with Crippen LogP contribution < -0.4 is 5.32 Å². The first-order valence-corrected chi connectivity index (χ1v) is 7.69. The van der Waals surface area contributed by atoms with Gasteiger partial charge in [-0.15, -0.1) is 0 Å². The first-order chi connectivity index (χ1) is 10.6. The molecular formula is C19H22FNO. The molecule has 2 aromatic carbocycles. The Kier molecular flexibility index (Phi) is 5.70. The van der Waals surface area contributed by atoms with E-state index in [1.165, 1.54) is 12.1 Å². The van der Waals surface area contributed by atoms with Gasteiger partial charge >= 0.3 is 0 Å². The normalized spacial score (nSPS) is 13.4. The van der Waals surface area contributed by atoms with Gasteiger partial charge in [0.15, 0.2) is 0 Å². The Balaban J connectivity index is 2.07. The van der Waals surface area contributed by atoms with Crippen LogP contribution in [0.1, 0.15) is 37.3 Å². The molecule has 0 heterocycles. The second-order valence-electron chi connectivity index (χ2n) is 5.62. The minimum atomic E-state index is -0.267. The van der Waals surface area contributed by atoms with Crippen molar-refractivity contribution < 1.29 is 9.18 Å². The van der Waals surface area contributed by atoms with E-state index in [0.717, 1.165) is 17.5 Å². The maximum absolute atomic E-state index is 12.9. The predicted octanol–water partition coefficient (Wildman–Crippen LogP) is 4.27. The summed E-state index contributed by atoms with van der Waals surface area (Å²) in [7, 11) is 0. The lowest BCUT2D eigenvalue weighted by Gasteiger charge is -2.22. The summed E-state index contributed by atoms with van der Waals surface area (Å²) >= 11 is 0. The number of hydrogen-bond acceptors (Lipinski definition) is 1. The number of carbonyl (C=O) groups excluding carboxylic acids is 1. The van der Waals surface area contributed by atoms with Crippen LogP contribution in [0.4, 0.5) is 4.39 Å². The zero-order valence-corrected chi connectivity index (χ0v) is 13.1. The average Bonchev–Trinajstić information content (AvgIpc) is 2.55. The molecule has 1 N–H and O–H groups in total. The van der Waals surface area contributed by atoms with Crippen molar-refractivity contribution in [3.05, 3.63) is 71.5 Å². The van der Waals surface area contributed by atoms with Crippen LogP contribution in [0.3, 0.4) is 0 Å². The topological polar surface area (TPSA) is 29.1 Å². The standard InChI is InChI=1S/C19H22FNO/c1-3-14(2)18(16-7-5-4-6-8-16)19(22)21-13-15-9-11-17(20)12-10-15/h4-12,14,18H,3,13H2,1-2H3,(H,21,22)/t14-,18+/m1/s1. The Labute approximate surface area is 131 Å². The van der Waals surface area contributed by atoms with Gasteiger partial charge < -0.3 is 5.32 Å². The summed E-state index contributed by atoms with van der Waals surface area (Å²) in [4.78, 5) is 12.6. The van der Waals surface area contributed by atoms with Crippen molar-refractivity contribution in [2.75, 3.05) is 0 Å². The largest absolute Gasteiger partial charge is 0.351 e. The number of halogens is 1. The molecule has 2 atom stereocenters. The minimum absolute atomic E-state index is 0.0184. The summed E-state index contributed by atoms with van der Waals surface area (Å²) in [6, 6.07) is 16.1. The molecule has 0 aliphatic carbocycles. The smallest absolute Gasteiger partial charge is 0.228 e. The van der Waals surface area contributed by atoms with E-state index in [-0.39, 0.29) is 23.6 Å². The van der Waals surface area contributed by atoms with Gasteiger partial charge in [0.2, 0.25) is 5.91 Å². The number of hydrogen-bond donors (Lipinski definition) is 1. The summed E-state index contributed by atoms with van der Waals surface area (Å²) < 4.78 is 12.9. The molecule has 0 spiro atoms. The molecule has 3 heteroatoms. The first kappa shape index (κ1) is 16.2. The monoisotopic (exact) mass is 299 g/mol. The minimum Gasteiger partial charge on any atom is -0.351 e. The van der Waals surface area contributed by atoms with E-state index in [0.29, 0.717) is 6.54 Å². The first-order valence-electron chi connectivity index (χ1n) is 7.69. The predicted molar refractivity (Wildman–Crippen MR) is 86.9 cm³/mol. The van der Waals surface area contributed by atoms with Crippen molar-refractivity contribution in [3.63, 3.8) is 0 Å². The van der Waals surface area contributed by atoms with Crippen molar-refractivity contribution in [2.24, 2.45) is 5.92 Å². The third-order valence-electron chi connectivity index (χ3n) is 4.03. The quantitative estimate of drug-likeness (QED) is 0.848. The van der Waals surface area contributed by atoms with E-state index in [4.69, 9.17) is 0 Å². The fourth-order valence-corrected chi connectivity index (χ4v) is 2.54. The summed E-state index contributed by atoms with van der Waals surface area (Å²) in [6.07, 6.45) is 0.934. The van der Waals surface area contributed by atoms with E-state index in [1.807, 2.05) is 30.3 Å². The van der Waals surface area contributed by atoms with Crippen molar-refractivity contribution in [3.8, 4) is 0 Å². The van der Waals surface area contributed by atoms with Gasteiger partial charge in [-0.05, 0) is 29.2 Å². The van der Waals surface area contributed by atoms with E-state index in [1.54, 1.807) is 12.1 Å². The number of amides is 1. The van der Waals surface area contributed by atoms with Gasteiger partial charge in [0, 0.05) is 6.54 Å². The Morgan fingerprint density at radius 2 is 1.73 bits per heavy atom. The SMILES string of the molecule is CC[C@@H](C)[C@H](C(=O)NCc1ccc(F)cc1)c1ccccc1. The summed E-state index contributed by atoms with van der Waals surface area (Å²) in [5.41, 5.74) is 1.93. The highest BCUT2D eigenvalue weighted by molar-refractivity contribution is 5.83. The van der Waals surface area contributed by atoms with Gasteiger partial charge in [-0.3, -0.25) is 4.79 Å². The van der Waals surface area contributed by atoms with E-state index in [9.17, 15) is 9.18 Å². The second-order valence-corrected chi connectivity index (χ2v) is 5.62. The Morgan fingerprint density at radius 3 is 2.32 bits per heavy atom. The van der Waals surface area contributed by atoms with Crippen molar-refractivity contribution in [1.29, 1.82) is 0 Å². The van der Waals surface area contributed by atoms with E-state index in [2.05, 4.69) is 19.2 Å². The second kappa shape index (κ2) is 7.74. The maximum Gasteiger partial charge on any atom is 0.228 e. The zero-order valence-electron chi connectivity index (χ0n) is 13.1. The number of rotatable bonds is 6. The molecule has 0 aliphatic heterocycles. The van der Waals surface area contributed by atoms with Gasteiger partial charge in [0.05, 0.1) is 5.92 Å². The molecule has 0 aromatic heterocycles. The molecule has 0 aliphatic rings. The maximum atomic E-state index is 12.9. The van der Waals surface area contributed by atoms with Gasteiger partial charge in [0.1, 0.15) is 5.82 Å². The zero-order chi connectivity index (χ0) is 15.9. The molecule has 0 saturated heterocycles. The Morgan fingerprint density at radius 1 is 1.09 bits per heavy atom. The Hall–Kier alpha value is -2.16. The summed E-state index contributed by atoms with van der Waals surface area (Å²) in [5.74, 6) is -0.149. The molecule has 116 valence electrons. The number of nitrogens with one attached hydrogen (secondary N) is 1. The van der Waals surface area contributed by atoms with Gasteiger partial charge in [-0.2, -0.15) is 0 Å². The Bertz CT molecular complexity index is 595. The van der Waals surface area contributed by atoms with Crippen molar-refractivity contribution >= 4 is 5.91 Å². The molecule has 2 aromatic rings. The van der Waals surface area contributed by atoms with Crippen molar-refractivity contribution in [2.45, 2.75) is 32.7 Å². The number of benzene rings is 2. The van der Waals surface area contributed by atoms with Crippen LogP contribution in [-0.4, -0.2) is 5.91 Å². The number of carbonyl (C=O) groups is 1. The third kappa shape index (κ3) is 4.17. The lowest BCUT2D eigenvalue weighted by atomic mass is 9.85. The molecule has 0 bridgehead atoms. The van der Waals surface area contributed by atoms with Crippen LogP contribution in [0, 0.1) is 11.7 Å². The fourth-order valence-electron chi connectivity index (χ4n) is 2.54. The molecule has 2 rings (SSSR count). The van der Waals surface area contributed by atoms with Crippen LogP contribution in [0.2, 0.25) is 0 Å². The van der Waals surface area contributed by atoms with Crippen LogP contribution >= 0.6 is 0 Å². The molecule has 0 fully saturated rings. The lowest BCUT2D eigenvalue weighted by molar-refractivity contribution is -0.123. The molecule has 1 amide bonds. The molecule has 2 nitrogen and oxygen atoms in total. The van der Waals surface area contributed by atoms with Crippen molar-refractivity contribution in [1.82, 2.24) is 5.32 Å². The lowest BCUT2D eigenvalue weighted by Crippen LogP contribution is -2.32. The average molecular weight is 299 g/mol. The van der Waals surface area contributed by atoms with Gasteiger partial charge in [0.25, 0.3) is 0 Å². The van der Waals surface area contributed by atoms with Crippen LogP contribution in [0.25, 0.3) is 0 Å². The van der Waals surface area contributed by atoms with Gasteiger partial charge in [-0.25, -0.2) is 4.39 Å². The fraction of sp³-hybridized carbons (Fsp3) is 0.316. The molecule has 0 saturated carbocycles. The van der Waals surface area contributed by atoms with Crippen LogP contribution in [-0.2, 0) is 11.3 Å². The highest BCUT2D eigenvalue weighted by Crippen LogP contribution is 2.27. The summed E-state index contributed by atoms with van der Waals surface area (Å²) in [6.45, 7) is 4.60. The molecule has 0 unspecified atom stereocenters.